The van der Waals surface area contributed by atoms with E-state index in [1.807, 2.05) is 0 Å². The van der Waals surface area contributed by atoms with Crippen molar-refractivity contribution >= 4 is 14.2 Å². The van der Waals surface area contributed by atoms with E-state index in [0.717, 1.165) is 25.7 Å². The van der Waals surface area contributed by atoms with Gasteiger partial charge in [0.05, 0.1) is 6.10 Å². The Morgan fingerprint density at radius 2 is 2.07 bits per heavy atom. The van der Waals surface area contributed by atoms with E-state index in [1.54, 1.807) is 0 Å². The number of cyclic esters (lactones) is 2. The molecule has 1 aliphatic carbocycles. The van der Waals surface area contributed by atoms with Crippen LogP contribution in [-0.2, 0) is 18.6 Å². The van der Waals surface area contributed by atoms with Crippen molar-refractivity contribution < 1.29 is 23.4 Å². The van der Waals surface area contributed by atoms with E-state index in [9.17, 15) is 9.36 Å². The summed E-state index contributed by atoms with van der Waals surface area (Å²) in [6.45, 7) is 0.0589. The molecule has 5 nitrogen and oxygen atoms in total. The lowest BCUT2D eigenvalue weighted by atomic mass is 10.3. The van der Waals surface area contributed by atoms with E-state index in [4.69, 9.17) is 4.52 Å². The second kappa shape index (κ2) is 4.32. The summed E-state index contributed by atoms with van der Waals surface area (Å²) >= 11 is 0. The van der Waals surface area contributed by atoms with Crippen LogP contribution in [-0.4, -0.2) is 24.7 Å². The smallest absolute Gasteiger partial charge is 0.430 e. The third-order valence-corrected chi connectivity index (χ3v) is 3.81. The predicted molar refractivity (Wildman–Crippen MR) is 48.6 cm³/mol. The van der Waals surface area contributed by atoms with Gasteiger partial charge in [-0.15, -0.1) is 0 Å². The topological polar surface area (TPSA) is 61.8 Å². The second-order valence-corrected chi connectivity index (χ2v) is 5.03. The van der Waals surface area contributed by atoms with E-state index in [0.29, 0.717) is 0 Å². The number of rotatable bonds is 3. The molecular formula is C8H13O5P. The molecule has 0 aromatic heterocycles. The third kappa shape index (κ3) is 2.28. The summed E-state index contributed by atoms with van der Waals surface area (Å²) < 4.78 is 26.1. The Labute approximate surface area is 82.6 Å². The summed E-state index contributed by atoms with van der Waals surface area (Å²) in [5.41, 5.74) is 0. The molecule has 0 bridgehead atoms. The molecule has 2 fully saturated rings. The Morgan fingerprint density at radius 3 is 2.64 bits per heavy atom. The summed E-state index contributed by atoms with van der Waals surface area (Å²) in [7, 11) is -2.30. The van der Waals surface area contributed by atoms with Crippen LogP contribution in [0, 0.1) is 0 Å². The molecule has 14 heavy (non-hydrogen) atoms. The molecule has 1 saturated carbocycles. The van der Waals surface area contributed by atoms with Crippen molar-refractivity contribution in [3.05, 3.63) is 0 Å². The summed E-state index contributed by atoms with van der Waals surface area (Å²) in [4.78, 5) is 10.6. The first kappa shape index (κ1) is 9.99. The highest BCUT2D eigenvalue weighted by atomic mass is 31.1. The van der Waals surface area contributed by atoms with Crippen LogP contribution in [0.4, 0.5) is 4.79 Å². The number of carbonyl (C=O) groups is 1. The minimum absolute atomic E-state index is 0.0589. The fourth-order valence-corrected chi connectivity index (χ4v) is 2.82. The molecule has 2 rings (SSSR count). The first-order chi connectivity index (χ1) is 6.75. The summed E-state index contributed by atoms with van der Waals surface area (Å²) in [6, 6.07) is 0. The van der Waals surface area contributed by atoms with Crippen LogP contribution in [0.15, 0.2) is 0 Å². The van der Waals surface area contributed by atoms with Crippen molar-refractivity contribution in [3.63, 3.8) is 0 Å². The van der Waals surface area contributed by atoms with Gasteiger partial charge in [-0.25, -0.2) is 4.79 Å². The molecule has 80 valence electrons. The molecule has 1 heterocycles. The maximum atomic E-state index is 11.6. The summed E-state index contributed by atoms with van der Waals surface area (Å²) in [6.07, 6.45) is 3.50. The lowest BCUT2D eigenvalue weighted by Gasteiger charge is -2.12. The van der Waals surface area contributed by atoms with Gasteiger partial charge in [0.1, 0.15) is 6.61 Å². The molecular weight excluding hydrogens is 207 g/mol. The molecule has 0 amide bonds. The second-order valence-electron chi connectivity index (χ2n) is 3.51. The minimum atomic E-state index is -2.30. The molecule has 0 radical (unpaired) electrons. The van der Waals surface area contributed by atoms with Crippen LogP contribution < -0.4 is 0 Å². The molecule has 0 aromatic rings. The van der Waals surface area contributed by atoms with Crippen molar-refractivity contribution in [3.8, 4) is 0 Å². The van der Waals surface area contributed by atoms with Gasteiger partial charge in [-0.3, -0.25) is 4.57 Å². The van der Waals surface area contributed by atoms with E-state index >= 15 is 0 Å². The number of hydrogen-bond acceptors (Lipinski definition) is 5. The van der Waals surface area contributed by atoms with Crippen LogP contribution in [0.2, 0.25) is 0 Å². The number of carbonyl (C=O) groups excluding carboxylic acids is 1. The molecule has 0 aromatic carbocycles. The third-order valence-electron chi connectivity index (χ3n) is 2.44. The quantitative estimate of drug-likeness (QED) is 0.537. The first-order valence-corrected chi connectivity index (χ1v) is 6.19. The van der Waals surface area contributed by atoms with Gasteiger partial charge in [0.2, 0.25) is 13.9 Å². The van der Waals surface area contributed by atoms with Crippen LogP contribution in [0.25, 0.3) is 0 Å². The Bertz CT molecular complexity index is 248. The fourth-order valence-electron chi connectivity index (χ4n) is 1.69. The molecule has 0 spiro atoms. The molecule has 1 saturated heterocycles. The van der Waals surface area contributed by atoms with Gasteiger partial charge in [0.15, 0.2) is 0 Å². The van der Waals surface area contributed by atoms with Gasteiger partial charge < -0.3 is 14.0 Å². The van der Waals surface area contributed by atoms with Gasteiger partial charge >= 0.3 is 6.16 Å². The minimum Gasteiger partial charge on any atom is -0.430 e. The Hall–Kier alpha value is -0.540. The lowest BCUT2D eigenvalue weighted by Crippen LogP contribution is -2.10. The van der Waals surface area contributed by atoms with E-state index in [2.05, 4.69) is 9.47 Å². The Morgan fingerprint density at radius 1 is 1.36 bits per heavy atom. The molecule has 2 aliphatic rings. The molecule has 2 unspecified atom stereocenters. The van der Waals surface area contributed by atoms with E-state index in [-0.39, 0.29) is 12.7 Å². The zero-order valence-electron chi connectivity index (χ0n) is 7.73. The average molecular weight is 220 g/mol. The monoisotopic (exact) mass is 220 g/mol. The zero-order chi connectivity index (χ0) is 9.97. The van der Waals surface area contributed by atoms with Crippen LogP contribution in [0.3, 0.4) is 0 Å². The molecule has 1 aliphatic heterocycles. The van der Waals surface area contributed by atoms with Crippen molar-refractivity contribution in [2.75, 3.05) is 6.61 Å². The highest BCUT2D eigenvalue weighted by Crippen LogP contribution is 2.38. The van der Waals surface area contributed by atoms with Crippen molar-refractivity contribution in [1.29, 1.82) is 0 Å². The lowest BCUT2D eigenvalue weighted by molar-refractivity contribution is 0.124. The fraction of sp³-hybridized carbons (Fsp3) is 0.875. The SMILES string of the molecule is O=C1OCC([PH](=O)OC2CCCC2)O1. The van der Waals surface area contributed by atoms with Crippen molar-refractivity contribution in [1.82, 2.24) is 0 Å². The van der Waals surface area contributed by atoms with Crippen molar-refractivity contribution in [2.24, 2.45) is 0 Å². The highest BCUT2D eigenvalue weighted by Gasteiger charge is 2.32. The molecule has 6 heteroatoms. The first-order valence-electron chi connectivity index (χ1n) is 4.79. The van der Waals surface area contributed by atoms with Gasteiger partial charge in [-0.2, -0.15) is 0 Å². The largest absolute Gasteiger partial charge is 0.509 e. The van der Waals surface area contributed by atoms with Crippen LogP contribution >= 0.6 is 8.03 Å². The Kier molecular flexibility index (Phi) is 3.08. The standard InChI is InChI=1S/C8H13O5P/c9-8-11-5-7(12-8)14(10)13-6-3-1-2-4-6/h6-7,14H,1-5H2. The summed E-state index contributed by atoms with van der Waals surface area (Å²) in [5, 5.41) is 0. The van der Waals surface area contributed by atoms with Gasteiger partial charge in [0, 0.05) is 0 Å². The highest BCUT2D eigenvalue weighted by molar-refractivity contribution is 7.39. The van der Waals surface area contributed by atoms with Gasteiger partial charge in [-0.05, 0) is 12.8 Å². The number of hydrogen-bond donors (Lipinski definition) is 0. The van der Waals surface area contributed by atoms with E-state index < -0.39 is 20.0 Å². The maximum Gasteiger partial charge on any atom is 0.509 e. The Balaban J connectivity index is 1.80. The van der Waals surface area contributed by atoms with Crippen LogP contribution in [0.1, 0.15) is 25.7 Å². The average Bonchev–Trinajstić information content (AvgIpc) is 2.75. The zero-order valence-corrected chi connectivity index (χ0v) is 8.73. The van der Waals surface area contributed by atoms with Crippen molar-refractivity contribution in [2.45, 2.75) is 37.6 Å². The number of ether oxygens (including phenoxy) is 2. The molecule has 0 N–H and O–H groups in total. The predicted octanol–water partition coefficient (Wildman–Crippen LogP) is 1.91. The summed E-state index contributed by atoms with van der Waals surface area (Å²) in [5.74, 6) is -0.673. The van der Waals surface area contributed by atoms with Gasteiger partial charge in [-0.1, -0.05) is 12.8 Å². The normalized spacial score (nSPS) is 30.0. The maximum absolute atomic E-state index is 11.6. The van der Waals surface area contributed by atoms with Gasteiger partial charge in [0.25, 0.3) is 0 Å². The van der Waals surface area contributed by atoms with Crippen LogP contribution in [0.5, 0.6) is 0 Å². The van der Waals surface area contributed by atoms with E-state index in [1.165, 1.54) is 0 Å². The molecule has 2 atom stereocenters.